The Bertz CT molecular complexity index is 1240. The zero-order chi connectivity index (χ0) is 21.6. The molecule has 0 radical (unpaired) electrons. The van der Waals surface area contributed by atoms with Crippen molar-refractivity contribution in [2.45, 2.75) is 6.61 Å². The number of aromatic nitrogens is 1. The summed E-state index contributed by atoms with van der Waals surface area (Å²) >= 11 is 0. The van der Waals surface area contributed by atoms with Crippen LogP contribution >= 0.6 is 0 Å². The highest BCUT2D eigenvalue weighted by molar-refractivity contribution is 6.24. The molecule has 0 aliphatic rings. The van der Waals surface area contributed by atoms with Crippen molar-refractivity contribution >= 4 is 28.5 Å². The van der Waals surface area contributed by atoms with E-state index in [4.69, 9.17) is 10.6 Å². The standard InChI is InChI=1S/C25H20FN3O2/c26-20-10-5-17(6-11-20)15-23(25(30)29-27)18-8-13-22(14-9-18)31-16-21-12-7-19-3-1-2-4-24(19)28-21/h1-15H,16,27H2,(H,29,30)/b23-15+. The Balaban J connectivity index is 1.50. The summed E-state index contributed by atoms with van der Waals surface area (Å²) in [4.78, 5) is 16.9. The van der Waals surface area contributed by atoms with Crippen LogP contribution in [0.1, 0.15) is 16.8 Å². The van der Waals surface area contributed by atoms with Crippen LogP contribution in [0.25, 0.3) is 22.6 Å². The number of benzene rings is 3. The maximum Gasteiger partial charge on any atom is 0.265 e. The first-order chi connectivity index (χ1) is 15.1. The number of ether oxygens (including phenoxy) is 1. The number of hydrogen-bond donors (Lipinski definition) is 2. The van der Waals surface area contributed by atoms with Crippen molar-refractivity contribution in [1.82, 2.24) is 10.4 Å². The van der Waals surface area contributed by atoms with E-state index in [1.54, 1.807) is 42.5 Å². The van der Waals surface area contributed by atoms with Crippen molar-refractivity contribution in [2.75, 3.05) is 0 Å². The van der Waals surface area contributed by atoms with Crippen molar-refractivity contribution in [2.24, 2.45) is 5.84 Å². The van der Waals surface area contributed by atoms with Crippen LogP contribution in [0.4, 0.5) is 4.39 Å². The van der Waals surface area contributed by atoms with Crippen LogP contribution in [0.5, 0.6) is 5.75 Å². The zero-order valence-corrected chi connectivity index (χ0v) is 16.6. The lowest BCUT2D eigenvalue weighted by molar-refractivity contribution is -0.115. The van der Waals surface area contributed by atoms with Crippen molar-refractivity contribution in [1.29, 1.82) is 0 Å². The third kappa shape index (κ3) is 4.94. The molecule has 0 saturated carbocycles. The molecule has 0 aliphatic carbocycles. The number of carbonyl (C=O) groups excluding carboxylic acids is 1. The predicted molar refractivity (Wildman–Crippen MR) is 119 cm³/mol. The number of para-hydroxylation sites is 1. The number of hydrazine groups is 1. The molecule has 154 valence electrons. The minimum atomic E-state index is -0.446. The Kier molecular flexibility index (Phi) is 6.01. The van der Waals surface area contributed by atoms with Crippen molar-refractivity contribution < 1.29 is 13.9 Å². The second-order valence-electron chi connectivity index (χ2n) is 6.89. The van der Waals surface area contributed by atoms with Gasteiger partial charge in [-0.1, -0.05) is 48.5 Å². The van der Waals surface area contributed by atoms with Gasteiger partial charge in [-0.15, -0.1) is 0 Å². The average molecular weight is 413 g/mol. The number of amides is 1. The van der Waals surface area contributed by atoms with Crippen molar-refractivity contribution in [3.63, 3.8) is 0 Å². The van der Waals surface area contributed by atoms with Crippen LogP contribution in [0, 0.1) is 5.82 Å². The molecule has 31 heavy (non-hydrogen) atoms. The maximum atomic E-state index is 13.1. The summed E-state index contributed by atoms with van der Waals surface area (Å²) in [5, 5.41) is 1.08. The Morgan fingerprint density at radius 1 is 0.968 bits per heavy atom. The highest BCUT2D eigenvalue weighted by Gasteiger charge is 2.11. The normalized spacial score (nSPS) is 11.4. The third-order valence-corrected chi connectivity index (χ3v) is 4.76. The largest absolute Gasteiger partial charge is 0.487 e. The number of halogens is 1. The number of pyridine rings is 1. The Morgan fingerprint density at radius 3 is 2.45 bits per heavy atom. The fraction of sp³-hybridized carbons (Fsp3) is 0.0400. The molecule has 0 bridgehead atoms. The van der Waals surface area contributed by atoms with Crippen LogP contribution in [-0.4, -0.2) is 10.9 Å². The van der Waals surface area contributed by atoms with Gasteiger partial charge in [0.1, 0.15) is 18.2 Å². The van der Waals surface area contributed by atoms with Gasteiger partial charge >= 0.3 is 0 Å². The molecule has 0 saturated heterocycles. The SMILES string of the molecule is NNC(=O)/C(=C/c1ccc(F)cc1)c1ccc(OCc2ccc3ccccc3n2)cc1. The molecule has 0 fully saturated rings. The third-order valence-electron chi connectivity index (χ3n) is 4.76. The van der Waals surface area contributed by atoms with Gasteiger partial charge in [0.25, 0.3) is 5.91 Å². The summed E-state index contributed by atoms with van der Waals surface area (Å²) in [5.74, 6) is 5.19. The summed E-state index contributed by atoms with van der Waals surface area (Å²) in [7, 11) is 0. The highest BCUT2D eigenvalue weighted by Crippen LogP contribution is 2.22. The predicted octanol–water partition coefficient (Wildman–Crippen LogP) is 4.48. The van der Waals surface area contributed by atoms with E-state index in [0.29, 0.717) is 29.1 Å². The van der Waals surface area contributed by atoms with E-state index in [9.17, 15) is 9.18 Å². The molecule has 4 aromatic rings. The molecular formula is C25H20FN3O2. The van der Waals surface area contributed by atoms with Crippen LogP contribution in [0.3, 0.4) is 0 Å². The maximum absolute atomic E-state index is 13.1. The second-order valence-corrected chi connectivity index (χ2v) is 6.89. The summed E-state index contributed by atoms with van der Waals surface area (Å²) in [5.41, 5.74) is 5.59. The van der Waals surface area contributed by atoms with Crippen LogP contribution in [-0.2, 0) is 11.4 Å². The Morgan fingerprint density at radius 2 is 1.71 bits per heavy atom. The van der Waals surface area contributed by atoms with Crippen molar-refractivity contribution in [3.05, 3.63) is 108 Å². The number of fused-ring (bicyclic) bond motifs is 1. The van der Waals surface area contributed by atoms with Gasteiger partial charge in [-0.3, -0.25) is 10.2 Å². The molecule has 1 amide bonds. The van der Waals surface area contributed by atoms with Gasteiger partial charge in [-0.05, 0) is 53.6 Å². The molecule has 0 atom stereocenters. The number of nitrogens with one attached hydrogen (secondary N) is 1. The Hall–Kier alpha value is -4.03. The second kappa shape index (κ2) is 9.19. The lowest BCUT2D eigenvalue weighted by Crippen LogP contribution is -2.30. The number of rotatable bonds is 6. The van der Waals surface area contributed by atoms with E-state index in [-0.39, 0.29) is 5.82 Å². The lowest BCUT2D eigenvalue weighted by Gasteiger charge is -2.10. The van der Waals surface area contributed by atoms with E-state index in [2.05, 4.69) is 10.4 Å². The fourth-order valence-electron chi connectivity index (χ4n) is 3.16. The van der Waals surface area contributed by atoms with Gasteiger partial charge in [-0.2, -0.15) is 0 Å². The highest BCUT2D eigenvalue weighted by atomic mass is 19.1. The number of nitrogens with zero attached hydrogens (tertiary/aromatic N) is 1. The molecule has 4 rings (SSSR count). The molecular weight excluding hydrogens is 393 g/mol. The van der Waals surface area contributed by atoms with E-state index in [0.717, 1.165) is 16.6 Å². The minimum absolute atomic E-state index is 0.325. The quantitative estimate of drug-likeness (QED) is 0.161. The average Bonchev–Trinajstić information content (AvgIpc) is 2.82. The molecule has 0 unspecified atom stereocenters. The topological polar surface area (TPSA) is 77.2 Å². The summed E-state index contributed by atoms with van der Waals surface area (Å²) < 4.78 is 19.0. The molecule has 6 heteroatoms. The smallest absolute Gasteiger partial charge is 0.265 e. The lowest BCUT2D eigenvalue weighted by atomic mass is 10.0. The first-order valence-electron chi connectivity index (χ1n) is 9.68. The van der Waals surface area contributed by atoms with Crippen LogP contribution < -0.4 is 16.0 Å². The van der Waals surface area contributed by atoms with Gasteiger partial charge in [0.2, 0.25) is 0 Å². The minimum Gasteiger partial charge on any atom is -0.487 e. The Labute approximate surface area is 179 Å². The summed E-state index contributed by atoms with van der Waals surface area (Å²) in [6, 6.07) is 24.8. The van der Waals surface area contributed by atoms with Gasteiger partial charge in [0.05, 0.1) is 11.2 Å². The summed E-state index contributed by atoms with van der Waals surface area (Å²) in [6.45, 7) is 0.325. The van der Waals surface area contributed by atoms with Gasteiger partial charge in [0, 0.05) is 11.0 Å². The van der Waals surface area contributed by atoms with E-state index in [1.807, 2.05) is 36.4 Å². The zero-order valence-electron chi connectivity index (χ0n) is 16.6. The summed E-state index contributed by atoms with van der Waals surface area (Å²) in [6.07, 6.45) is 1.65. The number of nitrogens with two attached hydrogens (primary N) is 1. The van der Waals surface area contributed by atoms with Crippen LogP contribution in [0.15, 0.2) is 84.9 Å². The molecule has 3 N–H and O–H groups in total. The molecule has 1 heterocycles. The first-order valence-corrected chi connectivity index (χ1v) is 9.68. The van der Waals surface area contributed by atoms with Gasteiger partial charge in [0.15, 0.2) is 0 Å². The molecule has 5 nitrogen and oxygen atoms in total. The monoisotopic (exact) mass is 413 g/mol. The van der Waals surface area contributed by atoms with Crippen molar-refractivity contribution in [3.8, 4) is 5.75 Å². The van der Waals surface area contributed by atoms with Crippen LogP contribution in [0.2, 0.25) is 0 Å². The van der Waals surface area contributed by atoms with E-state index >= 15 is 0 Å². The van der Waals surface area contributed by atoms with Gasteiger partial charge in [-0.25, -0.2) is 15.2 Å². The molecule has 0 aliphatic heterocycles. The molecule has 1 aromatic heterocycles. The molecule has 3 aromatic carbocycles. The number of carbonyl (C=O) groups is 1. The van der Waals surface area contributed by atoms with E-state index < -0.39 is 5.91 Å². The van der Waals surface area contributed by atoms with Gasteiger partial charge < -0.3 is 4.74 Å². The first kappa shape index (κ1) is 20.3. The molecule has 0 spiro atoms. The fourth-order valence-corrected chi connectivity index (χ4v) is 3.16. The van der Waals surface area contributed by atoms with E-state index in [1.165, 1.54) is 12.1 Å². The number of hydrogen-bond acceptors (Lipinski definition) is 4.